The summed E-state index contributed by atoms with van der Waals surface area (Å²) >= 11 is 0. The van der Waals surface area contributed by atoms with Crippen LogP contribution in [0.2, 0.25) is 0 Å². The zero-order valence-electron chi connectivity index (χ0n) is 14.0. The summed E-state index contributed by atoms with van der Waals surface area (Å²) in [6, 6.07) is 16.5. The van der Waals surface area contributed by atoms with Crippen molar-refractivity contribution >= 4 is 21.7 Å². The average Bonchev–Trinajstić information content (AvgIpc) is 2.60. The lowest BCUT2D eigenvalue weighted by Gasteiger charge is -2.34. The maximum Gasteiger partial charge on any atom is 0.315 e. The normalized spacial score (nSPS) is 16.8. The molecule has 0 aliphatic carbocycles. The molecule has 6 nitrogen and oxygen atoms in total. The molecule has 0 spiro atoms. The number of urea groups is 1. The maximum atomic E-state index is 12.2. The zero-order valence-corrected chi connectivity index (χ0v) is 14.8. The van der Waals surface area contributed by atoms with Gasteiger partial charge in [0.2, 0.25) is 10.0 Å². The summed E-state index contributed by atoms with van der Waals surface area (Å²) in [5, 5.41) is 5.78. The fourth-order valence-corrected chi connectivity index (χ4v) is 3.97. The summed E-state index contributed by atoms with van der Waals surface area (Å²) in [4.78, 5) is 12.2. The van der Waals surface area contributed by atoms with E-state index in [2.05, 4.69) is 10.6 Å². The molecule has 2 amide bonds. The molecule has 1 aliphatic rings. The molecule has 3 rings (SSSR count). The first-order valence-electron chi connectivity index (χ1n) is 8.10. The van der Waals surface area contributed by atoms with Gasteiger partial charge in [-0.1, -0.05) is 48.5 Å². The largest absolute Gasteiger partial charge is 0.334 e. The highest BCUT2D eigenvalue weighted by Crippen LogP contribution is 2.34. The first-order valence-corrected chi connectivity index (χ1v) is 9.95. The Morgan fingerprint density at radius 1 is 1.12 bits per heavy atom. The molecule has 7 heteroatoms. The Labute approximate surface area is 147 Å². The van der Waals surface area contributed by atoms with Gasteiger partial charge >= 0.3 is 6.03 Å². The van der Waals surface area contributed by atoms with E-state index in [4.69, 9.17) is 0 Å². The number of carbonyl (C=O) groups excluding carboxylic acids is 1. The summed E-state index contributed by atoms with van der Waals surface area (Å²) in [5.74, 6) is 0. The molecule has 1 unspecified atom stereocenters. The monoisotopic (exact) mass is 359 g/mol. The van der Waals surface area contributed by atoms with Crippen LogP contribution in [0.4, 0.5) is 10.5 Å². The summed E-state index contributed by atoms with van der Waals surface area (Å²) in [6.45, 7) is 0.788. The van der Waals surface area contributed by atoms with E-state index in [1.54, 1.807) is 12.1 Å². The molecule has 132 valence electrons. The van der Waals surface area contributed by atoms with Gasteiger partial charge in [-0.2, -0.15) is 0 Å². The number of para-hydroxylation sites is 1. The first kappa shape index (κ1) is 17.3. The predicted octanol–water partition coefficient (Wildman–Crippen LogP) is 2.40. The summed E-state index contributed by atoms with van der Waals surface area (Å²) < 4.78 is 25.3. The van der Waals surface area contributed by atoms with Gasteiger partial charge in [-0.05, 0) is 23.6 Å². The van der Waals surface area contributed by atoms with Crippen molar-refractivity contribution in [1.82, 2.24) is 10.6 Å². The summed E-state index contributed by atoms with van der Waals surface area (Å²) in [5.41, 5.74) is 2.46. The third kappa shape index (κ3) is 4.11. The summed E-state index contributed by atoms with van der Waals surface area (Å²) in [7, 11) is -3.33. The van der Waals surface area contributed by atoms with Crippen LogP contribution in [0.25, 0.3) is 0 Å². The van der Waals surface area contributed by atoms with E-state index in [-0.39, 0.29) is 12.1 Å². The number of fused-ring (bicyclic) bond motifs is 1. The number of hydrogen-bond donors (Lipinski definition) is 2. The molecule has 1 heterocycles. The van der Waals surface area contributed by atoms with Crippen LogP contribution in [0.5, 0.6) is 0 Å². The molecular weight excluding hydrogens is 338 g/mol. The van der Waals surface area contributed by atoms with Crippen LogP contribution in [-0.4, -0.2) is 27.2 Å². The summed E-state index contributed by atoms with van der Waals surface area (Å²) in [6.07, 6.45) is 1.73. The van der Waals surface area contributed by atoms with Crippen molar-refractivity contribution in [1.29, 1.82) is 0 Å². The Bertz CT molecular complexity index is 853. The molecular formula is C18H21N3O3S. The Morgan fingerprint density at radius 2 is 1.80 bits per heavy atom. The number of sulfonamides is 1. The van der Waals surface area contributed by atoms with E-state index >= 15 is 0 Å². The van der Waals surface area contributed by atoms with Crippen molar-refractivity contribution in [2.24, 2.45) is 0 Å². The van der Waals surface area contributed by atoms with Crippen LogP contribution < -0.4 is 14.9 Å². The molecule has 0 aromatic heterocycles. The molecule has 2 aromatic carbocycles. The third-order valence-electron chi connectivity index (χ3n) is 4.20. The second kappa shape index (κ2) is 7.14. The van der Waals surface area contributed by atoms with Gasteiger partial charge in [0.15, 0.2) is 0 Å². The number of anilines is 1. The van der Waals surface area contributed by atoms with Crippen molar-refractivity contribution < 1.29 is 13.2 Å². The Kier molecular flexibility index (Phi) is 4.94. The quantitative estimate of drug-likeness (QED) is 0.880. The first-order chi connectivity index (χ1) is 11.9. The molecule has 0 bridgehead atoms. The molecule has 0 fully saturated rings. The van der Waals surface area contributed by atoms with Crippen molar-refractivity contribution in [3.05, 3.63) is 65.7 Å². The van der Waals surface area contributed by atoms with Gasteiger partial charge in [0.25, 0.3) is 0 Å². The second-order valence-electron chi connectivity index (χ2n) is 6.05. The Morgan fingerprint density at radius 3 is 2.52 bits per heavy atom. The Hall–Kier alpha value is -2.54. The van der Waals surface area contributed by atoms with Crippen LogP contribution in [0.15, 0.2) is 54.6 Å². The van der Waals surface area contributed by atoms with Crippen molar-refractivity contribution in [3.8, 4) is 0 Å². The molecule has 2 aromatic rings. The van der Waals surface area contributed by atoms with Crippen LogP contribution in [-0.2, 0) is 16.6 Å². The number of benzene rings is 2. The van der Waals surface area contributed by atoms with E-state index in [1.165, 1.54) is 10.6 Å². The van der Waals surface area contributed by atoms with E-state index < -0.39 is 10.0 Å². The SMILES string of the molecule is CS(=O)(=O)N1CCC(NC(=O)NCc2ccccc2)c2ccccc21. The number of amides is 2. The lowest BCUT2D eigenvalue weighted by molar-refractivity contribution is 0.236. The molecule has 0 radical (unpaired) electrons. The molecule has 2 N–H and O–H groups in total. The van der Waals surface area contributed by atoms with E-state index in [0.717, 1.165) is 11.1 Å². The van der Waals surface area contributed by atoms with E-state index in [0.29, 0.717) is 25.2 Å². The Balaban J connectivity index is 1.69. The highest BCUT2D eigenvalue weighted by molar-refractivity contribution is 7.92. The number of nitrogens with one attached hydrogen (secondary N) is 2. The van der Waals surface area contributed by atoms with Crippen LogP contribution in [0.3, 0.4) is 0 Å². The van der Waals surface area contributed by atoms with Crippen molar-refractivity contribution in [3.63, 3.8) is 0 Å². The molecule has 25 heavy (non-hydrogen) atoms. The van der Waals surface area contributed by atoms with Crippen molar-refractivity contribution in [2.75, 3.05) is 17.1 Å². The van der Waals surface area contributed by atoms with Gasteiger partial charge in [0, 0.05) is 13.1 Å². The lowest BCUT2D eigenvalue weighted by atomic mass is 9.98. The zero-order chi connectivity index (χ0) is 17.9. The number of carbonyl (C=O) groups is 1. The van der Waals surface area contributed by atoms with Gasteiger partial charge in [-0.3, -0.25) is 4.31 Å². The van der Waals surface area contributed by atoms with Crippen LogP contribution in [0.1, 0.15) is 23.6 Å². The molecule has 1 atom stereocenters. The predicted molar refractivity (Wildman–Crippen MR) is 97.8 cm³/mol. The van der Waals surface area contributed by atoms with E-state index in [9.17, 15) is 13.2 Å². The number of nitrogens with zero attached hydrogens (tertiary/aromatic N) is 1. The maximum absolute atomic E-state index is 12.2. The fourth-order valence-electron chi connectivity index (χ4n) is 3.01. The minimum Gasteiger partial charge on any atom is -0.334 e. The highest BCUT2D eigenvalue weighted by atomic mass is 32.2. The van der Waals surface area contributed by atoms with Gasteiger partial charge in [-0.25, -0.2) is 13.2 Å². The second-order valence-corrected chi connectivity index (χ2v) is 7.95. The van der Waals surface area contributed by atoms with Crippen LogP contribution >= 0.6 is 0 Å². The molecule has 0 saturated carbocycles. The number of rotatable bonds is 4. The number of hydrogen-bond acceptors (Lipinski definition) is 3. The molecule has 0 saturated heterocycles. The van der Waals surface area contributed by atoms with Crippen LogP contribution in [0, 0.1) is 0 Å². The van der Waals surface area contributed by atoms with Gasteiger partial charge in [0.05, 0.1) is 18.0 Å². The lowest BCUT2D eigenvalue weighted by Crippen LogP contribution is -2.43. The minimum absolute atomic E-state index is 0.218. The smallest absolute Gasteiger partial charge is 0.315 e. The van der Waals surface area contributed by atoms with E-state index in [1.807, 2.05) is 42.5 Å². The molecule has 1 aliphatic heterocycles. The minimum atomic E-state index is -3.33. The van der Waals surface area contributed by atoms with Crippen molar-refractivity contribution in [2.45, 2.75) is 19.0 Å². The fraction of sp³-hybridized carbons (Fsp3) is 0.278. The average molecular weight is 359 g/mol. The third-order valence-corrected chi connectivity index (χ3v) is 5.38. The van der Waals surface area contributed by atoms with Gasteiger partial charge < -0.3 is 10.6 Å². The topological polar surface area (TPSA) is 78.5 Å². The van der Waals surface area contributed by atoms with Gasteiger partial charge in [-0.15, -0.1) is 0 Å². The standard InChI is InChI=1S/C18H21N3O3S/c1-25(23,24)21-12-11-16(15-9-5-6-10-17(15)21)20-18(22)19-13-14-7-3-2-4-8-14/h2-10,16H,11-13H2,1H3,(H2,19,20,22). The highest BCUT2D eigenvalue weighted by Gasteiger charge is 2.30. The van der Waals surface area contributed by atoms with Gasteiger partial charge in [0.1, 0.15) is 0 Å².